The van der Waals surface area contributed by atoms with Crippen molar-refractivity contribution in [2.75, 3.05) is 0 Å². The molecule has 0 bridgehead atoms. The average molecular weight is 214 g/mol. The number of aliphatic hydroxyl groups is 1. The molecule has 0 fully saturated rings. The number of benzene rings is 1. The zero-order valence-electron chi connectivity index (χ0n) is 9.17. The Morgan fingerprint density at radius 3 is 2.56 bits per heavy atom. The molecule has 1 aromatic carbocycles. The van der Waals surface area contributed by atoms with Gasteiger partial charge in [-0.15, -0.1) is 0 Å². The molecule has 1 heterocycles. The van der Waals surface area contributed by atoms with Crippen LogP contribution >= 0.6 is 0 Å². The van der Waals surface area contributed by atoms with E-state index in [1.54, 1.807) is 25.5 Å². The van der Waals surface area contributed by atoms with E-state index < -0.39 is 5.60 Å². The maximum Gasteiger partial charge on any atom is 0.0924 e. The average Bonchev–Trinajstić information content (AvgIpc) is 2.31. The summed E-state index contributed by atoms with van der Waals surface area (Å²) in [6.45, 7) is 1.79. The highest BCUT2D eigenvalue weighted by Gasteiger charge is 2.23. The van der Waals surface area contributed by atoms with E-state index in [0.29, 0.717) is 6.42 Å². The molecule has 3 nitrogen and oxygen atoms in total. The third-order valence-electron chi connectivity index (χ3n) is 2.54. The van der Waals surface area contributed by atoms with Gasteiger partial charge in [-0.2, -0.15) is 0 Å². The van der Waals surface area contributed by atoms with E-state index in [-0.39, 0.29) is 0 Å². The quantitative estimate of drug-likeness (QED) is 0.849. The van der Waals surface area contributed by atoms with Crippen LogP contribution in [0.5, 0.6) is 0 Å². The van der Waals surface area contributed by atoms with Crippen molar-refractivity contribution in [2.45, 2.75) is 18.9 Å². The van der Waals surface area contributed by atoms with Crippen LogP contribution in [0, 0.1) is 0 Å². The molecule has 3 heteroatoms. The van der Waals surface area contributed by atoms with E-state index in [2.05, 4.69) is 9.97 Å². The Morgan fingerprint density at radius 2 is 1.94 bits per heavy atom. The summed E-state index contributed by atoms with van der Waals surface area (Å²) in [6, 6.07) is 9.59. The maximum absolute atomic E-state index is 10.4. The van der Waals surface area contributed by atoms with E-state index in [1.165, 1.54) is 0 Å². The van der Waals surface area contributed by atoms with E-state index in [1.807, 2.05) is 30.3 Å². The molecule has 82 valence electrons. The first-order valence-electron chi connectivity index (χ1n) is 5.21. The van der Waals surface area contributed by atoms with Gasteiger partial charge in [-0.05, 0) is 12.5 Å². The predicted octanol–water partition coefficient (Wildman–Crippen LogP) is 1.93. The van der Waals surface area contributed by atoms with Gasteiger partial charge in [-0.25, -0.2) is 0 Å². The molecule has 0 amide bonds. The van der Waals surface area contributed by atoms with Crippen LogP contribution in [0.1, 0.15) is 18.2 Å². The molecule has 1 atom stereocenters. The standard InChI is InChI=1S/C13H14N2O/c1-13(16,11-5-3-2-4-6-11)9-12-10-14-7-8-15-12/h2-8,10,16H,9H2,1H3. The third kappa shape index (κ3) is 2.44. The molecule has 0 spiro atoms. The van der Waals surface area contributed by atoms with E-state index in [9.17, 15) is 5.11 Å². The Morgan fingerprint density at radius 1 is 1.19 bits per heavy atom. The van der Waals surface area contributed by atoms with Crippen molar-refractivity contribution >= 4 is 0 Å². The molecule has 0 radical (unpaired) electrons. The summed E-state index contributed by atoms with van der Waals surface area (Å²) in [5.74, 6) is 0. The summed E-state index contributed by atoms with van der Waals surface area (Å²) in [7, 11) is 0. The van der Waals surface area contributed by atoms with Crippen molar-refractivity contribution in [1.29, 1.82) is 0 Å². The summed E-state index contributed by atoms with van der Waals surface area (Å²) in [4.78, 5) is 8.16. The van der Waals surface area contributed by atoms with E-state index in [0.717, 1.165) is 11.3 Å². The Hall–Kier alpha value is -1.74. The van der Waals surface area contributed by atoms with Crippen LogP contribution in [0.4, 0.5) is 0 Å². The van der Waals surface area contributed by atoms with Gasteiger partial charge in [-0.1, -0.05) is 30.3 Å². The number of nitrogens with zero attached hydrogens (tertiary/aromatic N) is 2. The number of hydrogen-bond acceptors (Lipinski definition) is 3. The smallest absolute Gasteiger partial charge is 0.0924 e. The first kappa shape index (κ1) is 10.8. The fraction of sp³-hybridized carbons (Fsp3) is 0.231. The molecule has 0 saturated carbocycles. The van der Waals surface area contributed by atoms with Crippen molar-refractivity contribution in [3.63, 3.8) is 0 Å². The monoisotopic (exact) mass is 214 g/mol. The fourth-order valence-electron chi connectivity index (χ4n) is 1.67. The minimum Gasteiger partial charge on any atom is -0.385 e. The maximum atomic E-state index is 10.4. The van der Waals surface area contributed by atoms with Crippen LogP contribution in [0.3, 0.4) is 0 Å². The lowest BCUT2D eigenvalue weighted by Gasteiger charge is -2.23. The van der Waals surface area contributed by atoms with Crippen molar-refractivity contribution in [2.24, 2.45) is 0 Å². The van der Waals surface area contributed by atoms with E-state index in [4.69, 9.17) is 0 Å². The molecule has 0 aliphatic rings. The largest absolute Gasteiger partial charge is 0.385 e. The van der Waals surface area contributed by atoms with Crippen LogP contribution < -0.4 is 0 Å². The molecule has 0 aliphatic carbocycles. The first-order valence-corrected chi connectivity index (χ1v) is 5.21. The van der Waals surface area contributed by atoms with Crippen LogP contribution in [-0.2, 0) is 12.0 Å². The number of rotatable bonds is 3. The zero-order chi connectivity index (χ0) is 11.4. The van der Waals surface area contributed by atoms with Crippen LogP contribution in [-0.4, -0.2) is 15.1 Å². The van der Waals surface area contributed by atoms with Crippen molar-refractivity contribution in [3.05, 3.63) is 60.2 Å². The Labute approximate surface area is 94.8 Å². The molecule has 1 aromatic heterocycles. The Bertz CT molecular complexity index is 440. The summed E-state index contributed by atoms with van der Waals surface area (Å²) in [5, 5.41) is 10.4. The lowest BCUT2D eigenvalue weighted by Crippen LogP contribution is -2.24. The summed E-state index contributed by atoms with van der Waals surface area (Å²) < 4.78 is 0. The van der Waals surface area contributed by atoms with Crippen molar-refractivity contribution in [1.82, 2.24) is 9.97 Å². The summed E-state index contributed by atoms with van der Waals surface area (Å²) >= 11 is 0. The predicted molar refractivity (Wildman–Crippen MR) is 61.7 cm³/mol. The van der Waals surface area contributed by atoms with Gasteiger partial charge in [0.1, 0.15) is 0 Å². The summed E-state index contributed by atoms with van der Waals surface area (Å²) in [5.41, 5.74) is 0.772. The lowest BCUT2D eigenvalue weighted by molar-refractivity contribution is 0.0565. The second-order valence-corrected chi connectivity index (χ2v) is 4.01. The highest BCUT2D eigenvalue weighted by molar-refractivity contribution is 5.23. The first-order chi connectivity index (χ1) is 7.68. The van der Waals surface area contributed by atoms with Gasteiger partial charge in [0, 0.05) is 25.0 Å². The second kappa shape index (κ2) is 4.41. The van der Waals surface area contributed by atoms with Crippen molar-refractivity contribution in [3.8, 4) is 0 Å². The molecule has 0 saturated heterocycles. The van der Waals surface area contributed by atoms with Gasteiger partial charge >= 0.3 is 0 Å². The second-order valence-electron chi connectivity index (χ2n) is 4.01. The van der Waals surface area contributed by atoms with Gasteiger partial charge < -0.3 is 5.11 Å². The minimum absolute atomic E-state index is 0.463. The Kier molecular flexibility index (Phi) is 2.97. The number of aromatic nitrogens is 2. The summed E-state index contributed by atoms with van der Waals surface area (Å²) in [6.07, 6.45) is 5.40. The normalized spacial score (nSPS) is 14.4. The molecular formula is C13H14N2O. The van der Waals surface area contributed by atoms with Gasteiger partial charge in [0.2, 0.25) is 0 Å². The van der Waals surface area contributed by atoms with Crippen LogP contribution in [0.15, 0.2) is 48.9 Å². The number of hydrogen-bond donors (Lipinski definition) is 1. The fourth-order valence-corrected chi connectivity index (χ4v) is 1.67. The van der Waals surface area contributed by atoms with Gasteiger partial charge in [0.25, 0.3) is 0 Å². The van der Waals surface area contributed by atoms with Gasteiger partial charge in [0.15, 0.2) is 0 Å². The van der Waals surface area contributed by atoms with Gasteiger partial charge in [0.05, 0.1) is 11.3 Å². The minimum atomic E-state index is -0.905. The topological polar surface area (TPSA) is 46.0 Å². The van der Waals surface area contributed by atoms with Crippen molar-refractivity contribution < 1.29 is 5.11 Å². The molecular weight excluding hydrogens is 200 g/mol. The SMILES string of the molecule is CC(O)(Cc1cnccn1)c1ccccc1. The zero-order valence-corrected chi connectivity index (χ0v) is 9.17. The highest BCUT2D eigenvalue weighted by atomic mass is 16.3. The molecule has 2 rings (SSSR count). The molecule has 1 unspecified atom stereocenters. The lowest BCUT2D eigenvalue weighted by atomic mass is 9.91. The Balaban J connectivity index is 2.21. The van der Waals surface area contributed by atoms with E-state index >= 15 is 0 Å². The highest BCUT2D eigenvalue weighted by Crippen LogP contribution is 2.23. The van der Waals surface area contributed by atoms with Crippen LogP contribution in [0.25, 0.3) is 0 Å². The molecule has 2 aromatic rings. The molecule has 16 heavy (non-hydrogen) atoms. The molecule has 1 N–H and O–H groups in total. The van der Waals surface area contributed by atoms with Gasteiger partial charge in [-0.3, -0.25) is 9.97 Å². The van der Waals surface area contributed by atoms with Crippen LogP contribution in [0.2, 0.25) is 0 Å². The molecule has 0 aliphatic heterocycles. The third-order valence-corrected chi connectivity index (χ3v) is 2.54.